The predicted octanol–water partition coefficient (Wildman–Crippen LogP) is 3.60. The van der Waals surface area contributed by atoms with E-state index in [1.165, 1.54) is 11.3 Å². The second kappa shape index (κ2) is 4.68. The molecule has 0 saturated heterocycles. The summed E-state index contributed by atoms with van der Waals surface area (Å²) in [6, 6.07) is 13.6. The van der Waals surface area contributed by atoms with E-state index in [4.69, 9.17) is 10.3 Å². The normalized spacial score (nSPS) is 11.0. The van der Waals surface area contributed by atoms with E-state index in [0.717, 1.165) is 15.8 Å². The van der Waals surface area contributed by atoms with Crippen LogP contribution in [-0.2, 0) is 0 Å². The van der Waals surface area contributed by atoms with Gasteiger partial charge in [0.2, 0.25) is 5.82 Å². The molecule has 0 aliphatic heterocycles. The molecule has 0 amide bonds. The van der Waals surface area contributed by atoms with Crippen molar-refractivity contribution in [2.45, 2.75) is 0 Å². The van der Waals surface area contributed by atoms with E-state index in [1.807, 2.05) is 47.8 Å². The van der Waals surface area contributed by atoms with Crippen LogP contribution in [0, 0.1) is 0 Å². The molecule has 5 nitrogen and oxygen atoms in total. The molecule has 102 valence electrons. The van der Waals surface area contributed by atoms with Gasteiger partial charge in [-0.1, -0.05) is 29.4 Å². The minimum absolute atomic E-state index is 0.424. The van der Waals surface area contributed by atoms with E-state index in [9.17, 15) is 0 Å². The van der Waals surface area contributed by atoms with E-state index >= 15 is 0 Å². The molecule has 0 aliphatic carbocycles. The molecule has 0 fully saturated rings. The second-order valence-corrected chi connectivity index (χ2v) is 5.43. The zero-order chi connectivity index (χ0) is 14.2. The maximum Gasteiger partial charge on any atom is 0.270 e. The Bertz CT molecular complexity index is 928. The zero-order valence-corrected chi connectivity index (χ0v) is 11.7. The topological polar surface area (TPSA) is 77.8 Å². The summed E-state index contributed by atoms with van der Waals surface area (Å²) in [5.74, 6) is 0.885. The first-order valence-corrected chi connectivity index (χ1v) is 7.22. The van der Waals surface area contributed by atoms with Crippen LogP contribution in [0.3, 0.4) is 0 Å². The van der Waals surface area contributed by atoms with Gasteiger partial charge in [0.1, 0.15) is 10.6 Å². The fraction of sp³-hybridized carbons (Fsp3) is 0. The third-order valence-corrected chi connectivity index (χ3v) is 4.06. The molecule has 2 N–H and O–H groups in total. The smallest absolute Gasteiger partial charge is 0.270 e. The molecule has 3 aromatic heterocycles. The minimum atomic E-state index is 0.424. The number of nitrogens with two attached hydrogens (primary N) is 1. The molecule has 0 bridgehead atoms. The van der Waals surface area contributed by atoms with Crippen molar-refractivity contribution in [2.75, 3.05) is 5.73 Å². The SMILES string of the molecule is Nc1ccsc1-c1nc(-c2ccc3ccccc3n2)no1. The lowest BCUT2D eigenvalue weighted by Gasteiger charge is -1.98. The van der Waals surface area contributed by atoms with E-state index in [-0.39, 0.29) is 0 Å². The number of anilines is 1. The van der Waals surface area contributed by atoms with Crippen molar-refractivity contribution < 1.29 is 4.52 Å². The van der Waals surface area contributed by atoms with Crippen LogP contribution in [0.1, 0.15) is 0 Å². The second-order valence-electron chi connectivity index (χ2n) is 4.52. The first-order chi connectivity index (χ1) is 10.3. The van der Waals surface area contributed by atoms with Gasteiger partial charge in [-0.05, 0) is 23.6 Å². The average molecular weight is 294 g/mol. The number of pyridine rings is 1. The number of benzene rings is 1. The van der Waals surface area contributed by atoms with Crippen LogP contribution >= 0.6 is 11.3 Å². The number of hydrogen-bond acceptors (Lipinski definition) is 6. The van der Waals surface area contributed by atoms with Crippen LogP contribution in [0.4, 0.5) is 5.69 Å². The average Bonchev–Trinajstić information content (AvgIpc) is 3.15. The van der Waals surface area contributed by atoms with Crippen LogP contribution in [-0.4, -0.2) is 15.1 Å². The van der Waals surface area contributed by atoms with Gasteiger partial charge in [0, 0.05) is 5.39 Å². The highest BCUT2D eigenvalue weighted by atomic mass is 32.1. The van der Waals surface area contributed by atoms with Crippen molar-refractivity contribution in [1.82, 2.24) is 15.1 Å². The Kier molecular flexibility index (Phi) is 2.68. The summed E-state index contributed by atoms with van der Waals surface area (Å²) in [6.07, 6.45) is 0. The summed E-state index contributed by atoms with van der Waals surface area (Å²) in [7, 11) is 0. The van der Waals surface area contributed by atoms with Crippen molar-refractivity contribution in [3.63, 3.8) is 0 Å². The van der Waals surface area contributed by atoms with Gasteiger partial charge < -0.3 is 10.3 Å². The summed E-state index contributed by atoms with van der Waals surface area (Å²) in [5, 5.41) is 6.96. The third kappa shape index (κ3) is 2.05. The highest BCUT2D eigenvalue weighted by Gasteiger charge is 2.15. The van der Waals surface area contributed by atoms with Crippen LogP contribution in [0.2, 0.25) is 0 Å². The molecular formula is C15H10N4OS. The highest BCUT2D eigenvalue weighted by molar-refractivity contribution is 7.14. The summed E-state index contributed by atoms with van der Waals surface area (Å²) in [6.45, 7) is 0. The van der Waals surface area contributed by atoms with Gasteiger partial charge in [-0.15, -0.1) is 11.3 Å². The number of nitrogens with zero attached hydrogens (tertiary/aromatic N) is 3. The van der Waals surface area contributed by atoms with Gasteiger partial charge in [-0.3, -0.25) is 0 Å². The molecule has 0 atom stereocenters. The van der Waals surface area contributed by atoms with Crippen LogP contribution in [0.15, 0.2) is 52.4 Å². The van der Waals surface area contributed by atoms with Crippen LogP contribution in [0.25, 0.3) is 33.2 Å². The Morgan fingerprint density at radius 1 is 1.00 bits per heavy atom. The van der Waals surface area contributed by atoms with Gasteiger partial charge in [0.15, 0.2) is 0 Å². The molecule has 6 heteroatoms. The lowest BCUT2D eigenvalue weighted by molar-refractivity contribution is 0.433. The monoisotopic (exact) mass is 294 g/mol. The van der Waals surface area contributed by atoms with E-state index < -0.39 is 0 Å². The van der Waals surface area contributed by atoms with Gasteiger partial charge >= 0.3 is 0 Å². The summed E-state index contributed by atoms with van der Waals surface area (Å²) < 4.78 is 5.29. The van der Waals surface area contributed by atoms with Crippen LogP contribution in [0.5, 0.6) is 0 Å². The number of para-hydroxylation sites is 1. The number of rotatable bonds is 2. The molecule has 0 aliphatic rings. The Balaban J connectivity index is 1.79. The van der Waals surface area contributed by atoms with E-state index in [1.54, 1.807) is 0 Å². The largest absolute Gasteiger partial charge is 0.397 e. The minimum Gasteiger partial charge on any atom is -0.397 e. The molecule has 1 aromatic carbocycles. The molecule has 4 aromatic rings. The number of fused-ring (bicyclic) bond motifs is 1. The van der Waals surface area contributed by atoms with E-state index in [0.29, 0.717) is 23.1 Å². The summed E-state index contributed by atoms with van der Waals surface area (Å²) in [4.78, 5) is 9.72. The molecule has 21 heavy (non-hydrogen) atoms. The fourth-order valence-electron chi connectivity index (χ4n) is 2.10. The number of thiophene rings is 1. The van der Waals surface area contributed by atoms with E-state index in [2.05, 4.69) is 15.1 Å². The maximum atomic E-state index is 5.86. The fourth-order valence-corrected chi connectivity index (χ4v) is 2.84. The molecule has 0 saturated carbocycles. The van der Waals surface area contributed by atoms with Crippen molar-refractivity contribution in [2.24, 2.45) is 0 Å². The van der Waals surface area contributed by atoms with Gasteiger partial charge in [0.05, 0.1) is 11.2 Å². The highest BCUT2D eigenvalue weighted by Crippen LogP contribution is 2.31. The maximum absolute atomic E-state index is 5.86. The lowest BCUT2D eigenvalue weighted by Crippen LogP contribution is -1.87. The predicted molar refractivity (Wildman–Crippen MR) is 82.8 cm³/mol. The zero-order valence-electron chi connectivity index (χ0n) is 10.9. The Hall–Kier alpha value is -2.73. The van der Waals surface area contributed by atoms with Crippen LogP contribution < -0.4 is 5.73 Å². The van der Waals surface area contributed by atoms with Gasteiger partial charge in [0.25, 0.3) is 5.89 Å². The molecule has 0 unspecified atom stereocenters. The number of nitrogen functional groups attached to an aromatic ring is 1. The first kappa shape index (κ1) is 12.0. The quantitative estimate of drug-likeness (QED) is 0.611. The number of aromatic nitrogens is 3. The molecular weight excluding hydrogens is 284 g/mol. The van der Waals surface area contributed by atoms with Crippen molar-refractivity contribution in [3.05, 3.63) is 47.8 Å². The standard InChI is InChI=1S/C15H10N4OS/c16-10-7-8-21-13(10)15-18-14(19-20-15)12-6-5-9-3-1-2-4-11(9)17-12/h1-8H,16H2. The third-order valence-electron chi connectivity index (χ3n) is 3.14. The Labute approximate surface area is 124 Å². The first-order valence-electron chi connectivity index (χ1n) is 6.34. The van der Waals surface area contributed by atoms with Gasteiger partial charge in [-0.25, -0.2) is 4.98 Å². The molecule has 4 rings (SSSR count). The summed E-state index contributed by atoms with van der Waals surface area (Å²) >= 11 is 1.47. The molecule has 3 heterocycles. The Morgan fingerprint density at radius 3 is 2.76 bits per heavy atom. The molecule has 0 radical (unpaired) electrons. The van der Waals surface area contributed by atoms with Crippen molar-refractivity contribution in [3.8, 4) is 22.3 Å². The summed E-state index contributed by atoms with van der Waals surface area (Å²) in [5.41, 5.74) is 8.08. The molecule has 0 spiro atoms. The number of hydrogen-bond donors (Lipinski definition) is 1. The van der Waals surface area contributed by atoms with Crippen molar-refractivity contribution >= 4 is 27.9 Å². The lowest BCUT2D eigenvalue weighted by atomic mass is 10.2. The van der Waals surface area contributed by atoms with Crippen molar-refractivity contribution in [1.29, 1.82) is 0 Å². The Morgan fingerprint density at radius 2 is 1.90 bits per heavy atom. The van der Waals surface area contributed by atoms with Gasteiger partial charge in [-0.2, -0.15) is 4.98 Å².